The van der Waals surface area contributed by atoms with Gasteiger partial charge in [0.1, 0.15) is 12.1 Å². The van der Waals surface area contributed by atoms with Gasteiger partial charge in [-0.25, -0.2) is 4.79 Å². The first kappa shape index (κ1) is 18.4. The average molecular weight is 380 g/mol. The van der Waals surface area contributed by atoms with E-state index in [0.717, 1.165) is 34.1 Å². The summed E-state index contributed by atoms with van der Waals surface area (Å²) in [5, 5.41) is 7.76. The van der Waals surface area contributed by atoms with Crippen LogP contribution in [0.2, 0.25) is 0 Å². The minimum atomic E-state index is -0.886. The molecule has 0 bridgehead atoms. The van der Waals surface area contributed by atoms with Gasteiger partial charge < -0.3 is 16.4 Å². The molecule has 2 aromatic rings. The number of imide groups is 1. The van der Waals surface area contributed by atoms with Crippen molar-refractivity contribution in [2.45, 2.75) is 31.3 Å². The first-order valence-corrected chi connectivity index (χ1v) is 9.54. The molecular formula is C21H24N4O3. The van der Waals surface area contributed by atoms with E-state index >= 15 is 0 Å². The van der Waals surface area contributed by atoms with Crippen molar-refractivity contribution in [1.82, 2.24) is 15.5 Å². The van der Waals surface area contributed by atoms with Crippen LogP contribution >= 0.6 is 0 Å². The number of carbonyl (C=O) groups is 3. The van der Waals surface area contributed by atoms with Crippen molar-refractivity contribution in [3.63, 3.8) is 0 Å². The Morgan fingerprint density at radius 1 is 1.25 bits per heavy atom. The molecule has 7 nitrogen and oxygen atoms in total. The first-order chi connectivity index (χ1) is 13.4. The van der Waals surface area contributed by atoms with E-state index in [1.807, 2.05) is 42.5 Å². The third kappa shape index (κ3) is 3.22. The summed E-state index contributed by atoms with van der Waals surface area (Å²) in [6.07, 6.45) is 1.83. The number of carbonyl (C=O) groups excluding carboxylic acids is 3. The predicted molar refractivity (Wildman–Crippen MR) is 105 cm³/mol. The fourth-order valence-electron chi connectivity index (χ4n) is 3.88. The molecule has 2 atom stereocenters. The Labute approximate surface area is 163 Å². The standard InChI is InChI=1S/C21H24N4O3/c1-21(16-8-9-16)19(27)25(20(28)24-21)12-18(26)23-17(11-22)15-7-6-13-4-2-3-5-14(13)10-15/h2-7,10,16-17H,8-9,11-12,22H2,1H3,(H,23,26)(H,24,28). The summed E-state index contributed by atoms with van der Waals surface area (Å²) in [6.45, 7) is 1.64. The summed E-state index contributed by atoms with van der Waals surface area (Å²) in [5.74, 6) is -0.580. The highest BCUT2D eigenvalue weighted by atomic mass is 16.2. The number of nitrogens with two attached hydrogens (primary N) is 1. The molecule has 28 heavy (non-hydrogen) atoms. The molecule has 2 unspecified atom stereocenters. The molecule has 0 spiro atoms. The summed E-state index contributed by atoms with van der Waals surface area (Å²) in [4.78, 5) is 38.4. The van der Waals surface area contributed by atoms with Gasteiger partial charge in [0.25, 0.3) is 5.91 Å². The number of benzene rings is 2. The maximum atomic E-state index is 12.7. The van der Waals surface area contributed by atoms with Gasteiger partial charge in [-0.2, -0.15) is 0 Å². The van der Waals surface area contributed by atoms with Crippen LogP contribution in [0.3, 0.4) is 0 Å². The van der Waals surface area contributed by atoms with Crippen LogP contribution in [0.5, 0.6) is 0 Å². The second-order valence-electron chi connectivity index (χ2n) is 7.76. The number of fused-ring (bicyclic) bond motifs is 1. The molecule has 2 fully saturated rings. The second kappa shape index (κ2) is 6.91. The molecule has 1 saturated heterocycles. The van der Waals surface area contributed by atoms with Crippen molar-refractivity contribution in [3.05, 3.63) is 48.0 Å². The number of hydrogen-bond acceptors (Lipinski definition) is 4. The van der Waals surface area contributed by atoms with E-state index < -0.39 is 23.5 Å². The maximum absolute atomic E-state index is 12.7. The predicted octanol–water partition coefficient (Wildman–Crippen LogP) is 1.68. The van der Waals surface area contributed by atoms with Crippen LogP contribution in [0.4, 0.5) is 4.79 Å². The minimum Gasteiger partial charge on any atom is -0.346 e. The van der Waals surface area contributed by atoms with E-state index in [9.17, 15) is 14.4 Å². The summed E-state index contributed by atoms with van der Waals surface area (Å²) >= 11 is 0. The highest BCUT2D eigenvalue weighted by Crippen LogP contribution is 2.42. The smallest absolute Gasteiger partial charge is 0.325 e. The Kier molecular flexibility index (Phi) is 4.55. The number of nitrogens with zero attached hydrogens (tertiary/aromatic N) is 1. The fourth-order valence-corrected chi connectivity index (χ4v) is 3.88. The lowest BCUT2D eigenvalue weighted by molar-refractivity contribution is -0.135. The summed E-state index contributed by atoms with van der Waals surface area (Å²) in [7, 11) is 0. The van der Waals surface area contributed by atoms with Crippen LogP contribution in [0, 0.1) is 5.92 Å². The van der Waals surface area contributed by atoms with Gasteiger partial charge in [0.15, 0.2) is 0 Å². The average Bonchev–Trinajstić information content (AvgIpc) is 3.52. The first-order valence-electron chi connectivity index (χ1n) is 9.54. The highest BCUT2D eigenvalue weighted by molar-refractivity contribution is 6.09. The van der Waals surface area contributed by atoms with E-state index in [1.165, 1.54) is 0 Å². The number of rotatable bonds is 6. The van der Waals surface area contributed by atoms with E-state index in [2.05, 4.69) is 10.6 Å². The zero-order valence-corrected chi connectivity index (χ0v) is 15.8. The molecule has 1 saturated carbocycles. The van der Waals surface area contributed by atoms with Gasteiger partial charge in [-0.1, -0.05) is 36.4 Å². The normalized spacial score (nSPS) is 23.0. The van der Waals surface area contributed by atoms with Crippen molar-refractivity contribution >= 4 is 28.6 Å². The molecular weight excluding hydrogens is 356 g/mol. The summed E-state index contributed by atoms with van der Waals surface area (Å²) in [6, 6.07) is 12.9. The third-order valence-corrected chi connectivity index (χ3v) is 5.74. The lowest BCUT2D eigenvalue weighted by Crippen LogP contribution is -2.47. The van der Waals surface area contributed by atoms with E-state index in [1.54, 1.807) is 6.92 Å². The Hall–Kier alpha value is -2.93. The number of amides is 4. The maximum Gasteiger partial charge on any atom is 0.325 e. The second-order valence-corrected chi connectivity index (χ2v) is 7.76. The summed E-state index contributed by atoms with van der Waals surface area (Å²) < 4.78 is 0. The van der Waals surface area contributed by atoms with E-state index in [4.69, 9.17) is 5.73 Å². The molecule has 1 aliphatic heterocycles. The molecule has 7 heteroatoms. The Bertz CT molecular complexity index is 956. The Morgan fingerprint density at radius 2 is 1.96 bits per heavy atom. The van der Waals surface area contributed by atoms with Crippen molar-refractivity contribution in [2.75, 3.05) is 13.1 Å². The number of hydrogen-bond donors (Lipinski definition) is 3. The van der Waals surface area contributed by atoms with Crippen molar-refractivity contribution in [1.29, 1.82) is 0 Å². The molecule has 0 aromatic heterocycles. The van der Waals surface area contributed by atoms with Gasteiger partial charge in [0, 0.05) is 6.54 Å². The highest BCUT2D eigenvalue weighted by Gasteiger charge is 2.56. The topological polar surface area (TPSA) is 105 Å². The van der Waals surface area contributed by atoms with Gasteiger partial charge in [0.2, 0.25) is 5.91 Å². The van der Waals surface area contributed by atoms with Crippen molar-refractivity contribution < 1.29 is 14.4 Å². The summed E-state index contributed by atoms with van der Waals surface area (Å²) in [5.41, 5.74) is 5.87. The minimum absolute atomic E-state index is 0.159. The van der Waals surface area contributed by atoms with E-state index in [-0.39, 0.29) is 24.9 Å². The molecule has 0 radical (unpaired) electrons. The van der Waals surface area contributed by atoms with Crippen LogP contribution < -0.4 is 16.4 Å². The molecule has 146 valence electrons. The SMILES string of the molecule is CC1(C2CC2)NC(=O)N(CC(=O)NC(CN)c2ccc3ccccc3c2)C1=O. The van der Waals surface area contributed by atoms with Crippen molar-refractivity contribution in [3.8, 4) is 0 Å². The van der Waals surface area contributed by atoms with E-state index in [0.29, 0.717) is 0 Å². The van der Waals surface area contributed by atoms with Crippen LogP contribution in [0.25, 0.3) is 10.8 Å². The lowest BCUT2D eigenvalue weighted by atomic mass is 9.96. The van der Waals surface area contributed by atoms with Crippen LogP contribution in [0.1, 0.15) is 31.4 Å². The van der Waals surface area contributed by atoms with Gasteiger partial charge >= 0.3 is 6.03 Å². The molecule has 2 aliphatic rings. The zero-order chi connectivity index (χ0) is 19.9. The lowest BCUT2D eigenvalue weighted by Gasteiger charge is -2.22. The Balaban J connectivity index is 1.45. The molecule has 4 N–H and O–H groups in total. The largest absolute Gasteiger partial charge is 0.346 e. The molecule has 1 aliphatic carbocycles. The number of urea groups is 1. The van der Waals surface area contributed by atoms with Gasteiger partial charge in [-0.3, -0.25) is 14.5 Å². The van der Waals surface area contributed by atoms with Crippen molar-refractivity contribution in [2.24, 2.45) is 11.7 Å². The molecule has 2 aromatic carbocycles. The van der Waals surface area contributed by atoms with Crippen LogP contribution in [0.15, 0.2) is 42.5 Å². The van der Waals surface area contributed by atoms with Gasteiger partial charge in [0.05, 0.1) is 6.04 Å². The zero-order valence-electron chi connectivity index (χ0n) is 15.8. The van der Waals surface area contributed by atoms with Crippen LogP contribution in [-0.4, -0.2) is 41.4 Å². The van der Waals surface area contributed by atoms with Gasteiger partial charge in [-0.05, 0) is 48.1 Å². The molecule has 4 rings (SSSR count). The van der Waals surface area contributed by atoms with Crippen LogP contribution in [-0.2, 0) is 9.59 Å². The number of nitrogens with one attached hydrogen (secondary N) is 2. The van der Waals surface area contributed by atoms with Gasteiger partial charge in [-0.15, -0.1) is 0 Å². The monoisotopic (exact) mass is 380 g/mol. The fraction of sp³-hybridized carbons (Fsp3) is 0.381. The molecule has 1 heterocycles. The quantitative estimate of drug-likeness (QED) is 0.663. The molecule has 4 amide bonds. The third-order valence-electron chi connectivity index (χ3n) is 5.74. The Morgan fingerprint density at radius 3 is 2.64 bits per heavy atom.